The second-order valence-corrected chi connectivity index (χ2v) is 7.07. The summed E-state index contributed by atoms with van der Waals surface area (Å²) in [5, 5.41) is 12.0. The fourth-order valence-electron chi connectivity index (χ4n) is 3.83. The van der Waals surface area contributed by atoms with Gasteiger partial charge in [-0.25, -0.2) is 9.97 Å². The Kier molecular flexibility index (Phi) is 3.92. The van der Waals surface area contributed by atoms with Crippen LogP contribution in [0.3, 0.4) is 0 Å². The zero-order chi connectivity index (χ0) is 17.4. The molecule has 6 nitrogen and oxygen atoms in total. The van der Waals surface area contributed by atoms with Crippen LogP contribution >= 0.6 is 0 Å². The minimum Gasteiger partial charge on any atom is -0.367 e. The molecular weight excluding hydrogens is 312 g/mol. The summed E-state index contributed by atoms with van der Waals surface area (Å²) >= 11 is 0. The average Bonchev–Trinajstić information content (AvgIpc) is 3.21. The van der Waals surface area contributed by atoms with Crippen molar-refractivity contribution in [2.45, 2.75) is 31.7 Å². The normalized spacial score (nSPS) is 15.7. The fraction of sp³-hybridized carbons (Fsp3) is 0.421. The summed E-state index contributed by atoms with van der Waals surface area (Å²) in [4.78, 5) is 11.1. The molecule has 0 saturated carbocycles. The van der Waals surface area contributed by atoms with E-state index in [1.54, 1.807) is 6.33 Å². The maximum Gasteiger partial charge on any atom is 0.186 e. The number of aromatic amines is 1. The zero-order valence-corrected chi connectivity index (χ0v) is 15.0. The van der Waals surface area contributed by atoms with Crippen LogP contribution < -0.4 is 5.32 Å². The SMILES string of the molecule is CCc1[nH]nc2ncnc(NCC3(N(C)C)Cc4ccccc4C3)c12. The number of benzene rings is 1. The van der Waals surface area contributed by atoms with Crippen LogP contribution in [0.2, 0.25) is 0 Å². The summed E-state index contributed by atoms with van der Waals surface area (Å²) in [6, 6.07) is 8.75. The molecule has 0 atom stereocenters. The Bertz CT molecular complexity index is 873. The molecule has 0 unspecified atom stereocenters. The van der Waals surface area contributed by atoms with Crippen molar-refractivity contribution in [3.05, 3.63) is 47.4 Å². The van der Waals surface area contributed by atoms with Crippen molar-refractivity contribution in [2.75, 3.05) is 26.0 Å². The van der Waals surface area contributed by atoms with Gasteiger partial charge < -0.3 is 10.2 Å². The number of fused-ring (bicyclic) bond motifs is 2. The summed E-state index contributed by atoms with van der Waals surface area (Å²) in [7, 11) is 4.33. The molecule has 4 rings (SSSR count). The maximum atomic E-state index is 4.49. The van der Waals surface area contributed by atoms with E-state index >= 15 is 0 Å². The molecule has 130 valence electrons. The van der Waals surface area contributed by atoms with Crippen molar-refractivity contribution in [3.8, 4) is 0 Å². The van der Waals surface area contributed by atoms with E-state index < -0.39 is 0 Å². The summed E-state index contributed by atoms with van der Waals surface area (Å²) in [5.41, 5.74) is 4.75. The van der Waals surface area contributed by atoms with Gasteiger partial charge in [-0.3, -0.25) is 5.10 Å². The zero-order valence-electron chi connectivity index (χ0n) is 15.0. The van der Waals surface area contributed by atoms with Gasteiger partial charge in [0.25, 0.3) is 0 Å². The molecule has 2 N–H and O–H groups in total. The first-order chi connectivity index (χ1) is 12.1. The number of nitrogens with one attached hydrogen (secondary N) is 2. The van der Waals surface area contributed by atoms with E-state index in [0.717, 1.165) is 48.4 Å². The third-order valence-electron chi connectivity index (χ3n) is 5.47. The molecule has 2 aromatic heterocycles. The van der Waals surface area contributed by atoms with Crippen LogP contribution in [-0.4, -0.2) is 51.2 Å². The van der Waals surface area contributed by atoms with Crippen LogP contribution in [-0.2, 0) is 19.3 Å². The van der Waals surface area contributed by atoms with Gasteiger partial charge in [-0.2, -0.15) is 5.10 Å². The Morgan fingerprint density at radius 3 is 2.52 bits per heavy atom. The predicted molar refractivity (Wildman–Crippen MR) is 99.8 cm³/mol. The maximum absolute atomic E-state index is 4.49. The van der Waals surface area contributed by atoms with Crippen LogP contribution in [0.4, 0.5) is 5.82 Å². The fourth-order valence-corrected chi connectivity index (χ4v) is 3.83. The molecule has 0 radical (unpaired) electrons. The topological polar surface area (TPSA) is 69.7 Å². The highest BCUT2D eigenvalue weighted by atomic mass is 15.2. The summed E-state index contributed by atoms with van der Waals surface area (Å²) in [5.74, 6) is 0.868. The van der Waals surface area contributed by atoms with Crippen molar-refractivity contribution in [1.82, 2.24) is 25.1 Å². The van der Waals surface area contributed by atoms with Gasteiger partial charge in [-0.05, 0) is 44.5 Å². The van der Waals surface area contributed by atoms with E-state index in [4.69, 9.17) is 0 Å². The summed E-state index contributed by atoms with van der Waals surface area (Å²) < 4.78 is 0. The molecule has 2 heterocycles. The number of nitrogens with zero attached hydrogens (tertiary/aromatic N) is 4. The van der Waals surface area contributed by atoms with Gasteiger partial charge in [0, 0.05) is 17.8 Å². The van der Waals surface area contributed by atoms with Crippen molar-refractivity contribution in [2.24, 2.45) is 0 Å². The van der Waals surface area contributed by atoms with E-state index in [1.807, 2.05) is 0 Å². The molecule has 25 heavy (non-hydrogen) atoms. The molecule has 0 aliphatic heterocycles. The van der Waals surface area contributed by atoms with Crippen LogP contribution in [0.25, 0.3) is 11.0 Å². The van der Waals surface area contributed by atoms with Crippen molar-refractivity contribution >= 4 is 16.9 Å². The van der Waals surface area contributed by atoms with Crippen molar-refractivity contribution in [1.29, 1.82) is 0 Å². The van der Waals surface area contributed by atoms with Gasteiger partial charge in [0.05, 0.1) is 5.39 Å². The van der Waals surface area contributed by atoms with Crippen LogP contribution in [0, 0.1) is 0 Å². The van der Waals surface area contributed by atoms with E-state index in [2.05, 4.69) is 75.7 Å². The van der Waals surface area contributed by atoms with E-state index in [9.17, 15) is 0 Å². The van der Waals surface area contributed by atoms with Gasteiger partial charge in [-0.1, -0.05) is 31.2 Å². The molecular formula is C19H24N6. The van der Waals surface area contributed by atoms with Gasteiger partial charge in [-0.15, -0.1) is 0 Å². The predicted octanol–water partition coefficient (Wildman–Crippen LogP) is 2.43. The molecule has 1 aliphatic carbocycles. The van der Waals surface area contributed by atoms with Gasteiger partial charge in [0.2, 0.25) is 0 Å². The lowest BCUT2D eigenvalue weighted by molar-refractivity contribution is 0.176. The molecule has 0 amide bonds. The second-order valence-electron chi connectivity index (χ2n) is 7.07. The van der Waals surface area contributed by atoms with Crippen molar-refractivity contribution in [3.63, 3.8) is 0 Å². The van der Waals surface area contributed by atoms with E-state index in [-0.39, 0.29) is 5.54 Å². The Balaban J connectivity index is 1.63. The largest absolute Gasteiger partial charge is 0.367 e. The Hall–Kier alpha value is -2.47. The number of hydrogen-bond donors (Lipinski definition) is 2. The van der Waals surface area contributed by atoms with Crippen molar-refractivity contribution < 1.29 is 0 Å². The number of aryl methyl sites for hydroxylation is 1. The number of rotatable bonds is 5. The average molecular weight is 336 g/mol. The Morgan fingerprint density at radius 1 is 1.16 bits per heavy atom. The van der Waals surface area contributed by atoms with E-state index in [0.29, 0.717) is 0 Å². The Morgan fingerprint density at radius 2 is 1.88 bits per heavy atom. The minimum atomic E-state index is 0.0527. The molecule has 3 aromatic rings. The van der Waals surface area contributed by atoms with Crippen LogP contribution in [0.1, 0.15) is 23.7 Å². The lowest BCUT2D eigenvalue weighted by Crippen LogP contribution is -2.50. The highest BCUT2D eigenvalue weighted by Gasteiger charge is 2.39. The third-order valence-corrected chi connectivity index (χ3v) is 5.47. The molecule has 1 aromatic carbocycles. The standard InChI is InChI=1S/C19H24N6/c1-4-15-16-17(21-12-22-18(16)24-23-15)20-11-19(25(2)3)9-13-7-5-6-8-14(13)10-19/h5-8,12H,4,9-11H2,1-3H3,(H2,20,21,22,23,24). The first-order valence-electron chi connectivity index (χ1n) is 8.79. The number of H-pyrrole nitrogens is 1. The lowest BCUT2D eigenvalue weighted by Gasteiger charge is -2.36. The van der Waals surface area contributed by atoms with Gasteiger partial charge >= 0.3 is 0 Å². The number of likely N-dealkylation sites (N-methyl/N-ethyl adjacent to an activating group) is 1. The molecule has 0 fully saturated rings. The highest BCUT2D eigenvalue weighted by molar-refractivity contribution is 5.88. The summed E-state index contributed by atoms with van der Waals surface area (Å²) in [6.07, 6.45) is 4.55. The van der Waals surface area contributed by atoms with Gasteiger partial charge in [0.15, 0.2) is 5.65 Å². The lowest BCUT2D eigenvalue weighted by atomic mass is 9.94. The van der Waals surface area contributed by atoms with Crippen LogP contribution in [0.5, 0.6) is 0 Å². The molecule has 0 spiro atoms. The Labute approximate surface area is 147 Å². The molecule has 6 heteroatoms. The third kappa shape index (κ3) is 2.66. The summed E-state index contributed by atoms with van der Waals surface area (Å²) in [6.45, 7) is 2.94. The second kappa shape index (κ2) is 6.11. The van der Waals surface area contributed by atoms with Crippen LogP contribution in [0.15, 0.2) is 30.6 Å². The molecule has 1 aliphatic rings. The number of aromatic nitrogens is 4. The first kappa shape index (κ1) is 16.0. The highest BCUT2D eigenvalue weighted by Crippen LogP contribution is 2.34. The first-order valence-corrected chi connectivity index (χ1v) is 8.79. The smallest absolute Gasteiger partial charge is 0.186 e. The molecule has 0 bridgehead atoms. The van der Waals surface area contributed by atoms with Gasteiger partial charge in [0.1, 0.15) is 12.1 Å². The molecule has 0 saturated heterocycles. The number of anilines is 1. The van der Waals surface area contributed by atoms with E-state index in [1.165, 1.54) is 11.1 Å². The minimum absolute atomic E-state index is 0.0527. The number of hydrogen-bond acceptors (Lipinski definition) is 5. The monoisotopic (exact) mass is 336 g/mol. The quantitative estimate of drug-likeness (QED) is 0.749.